The highest BCUT2D eigenvalue weighted by Gasteiger charge is 2.04. The van der Waals surface area contributed by atoms with Crippen LogP contribution in [0.4, 0.5) is 0 Å². The second-order valence-corrected chi connectivity index (χ2v) is 6.16. The fourth-order valence-electron chi connectivity index (χ4n) is 3.00. The Bertz CT molecular complexity index is 505. The zero-order chi connectivity index (χ0) is 14.7. The van der Waals surface area contributed by atoms with Crippen molar-refractivity contribution in [1.29, 1.82) is 0 Å². The maximum atomic E-state index is 2.38. The molecule has 0 bridgehead atoms. The topological polar surface area (TPSA) is 3.24 Å². The number of nitrogens with zero attached hydrogens (tertiary/aromatic N) is 1. The van der Waals surface area contributed by atoms with E-state index in [1.54, 1.807) is 0 Å². The lowest BCUT2D eigenvalue weighted by atomic mass is 10.1. The first-order valence-corrected chi connectivity index (χ1v) is 7.25. The van der Waals surface area contributed by atoms with Crippen LogP contribution in [0.3, 0.4) is 0 Å². The number of aryl methyl sites for hydroxylation is 4. The van der Waals surface area contributed by atoms with Gasteiger partial charge in [-0.3, -0.25) is 4.90 Å². The maximum Gasteiger partial charge on any atom is 0.0234 e. The van der Waals surface area contributed by atoms with Crippen molar-refractivity contribution >= 4 is 0 Å². The molecule has 0 aliphatic heterocycles. The van der Waals surface area contributed by atoms with Crippen molar-refractivity contribution in [3.63, 3.8) is 0 Å². The van der Waals surface area contributed by atoms with E-state index in [9.17, 15) is 0 Å². The molecular weight excluding hydrogens is 242 g/mol. The molecule has 1 heteroatoms. The Morgan fingerprint density at radius 3 is 1.20 bits per heavy atom. The molecule has 0 unspecified atom stereocenters. The minimum absolute atomic E-state index is 0.996. The predicted molar refractivity (Wildman–Crippen MR) is 87.0 cm³/mol. The van der Waals surface area contributed by atoms with Gasteiger partial charge in [0.2, 0.25) is 0 Å². The molecule has 0 saturated carbocycles. The van der Waals surface area contributed by atoms with Crippen molar-refractivity contribution in [2.24, 2.45) is 0 Å². The normalized spacial score (nSPS) is 11.1. The van der Waals surface area contributed by atoms with Gasteiger partial charge in [-0.2, -0.15) is 0 Å². The van der Waals surface area contributed by atoms with E-state index in [0.29, 0.717) is 0 Å². The molecule has 0 aromatic heterocycles. The molecule has 0 aliphatic rings. The smallest absolute Gasteiger partial charge is 0.0234 e. The molecule has 0 fully saturated rings. The highest BCUT2D eigenvalue weighted by Crippen LogP contribution is 2.14. The fourth-order valence-corrected chi connectivity index (χ4v) is 3.00. The molecule has 2 aromatic carbocycles. The van der Waals surface area contributed by atoms with Crippen molar-refractivity contribution in [2.45, 2.75) is 40.8 Å². The lowest BCUT2D eigenvalue weighted by molar-refractivity contribution is 0.319. The van der Waals surface area contributed by atoms with E-state index in [1.807, 2.05) is 0 Å². The summed E-state index contributed by atoms with van der Waals surface area (Å²) in [6.07, 6.45) is 0. The third kappa shape index (κ3) is 4.21. The zero-order valence-electron chi connectivity index (χ0n) is 13.3. The van der Waals surface area contributed by atoms with Crippen molar-refractivity contribution in [2.75, 3.05) is 7.05 Å². The molecule has 0 aliphatic carbocycles. The lowest BCUT2D eigenvalue weighted by Crippen LogP contribution is -2.17. The van der Waals surface area contributed by atoms with Gasteiger partial charge in [0.1, 0.15) is 0 Å². The molecule has 0 N–H and O–H groups in total. The van der Waals surface area contributed by atoms with Crippen LogP contribution < -0.4 is 0 Å². The second-order valence-electron chi connectivity index (χ2n) is 6.16. The van der Waals surface area contributed by atoms with E-state index >= 15 is 0 Å². The Kier molecular flexibility index (Phi) is 4.61. The lowest BCUT2D eigenvalue weighted by Gasteiger charge is -2.18. The Hall–Kier alpha value is -1.60. The maximum absolute atomic E-state index is 2.38. The van der Waals surface area contributed by atoms with Crippen LogP contribution in [0, 0.1) is 27.7 Å². The Labute approximate surface area is 123 Å². The third-order valence-electron chi connectivity index (χ3n) is 3.47. The Balaban J connectivity index is 2.06. The highest BCUT2D eigenvalue weighted by atomic mass is 15.1. The number of rotatable bonds is 4. The van der Waals surface area contributed by atoms with E-state index in [4.69, 9.17) is 0 Å². The molecule has 20 heavy (non-hydrogen) atoms. The molecule has 0 radical (unpaired) electrons. The monoisotopic (exact) mass is 267 g/mol. The Morgan fingerprint density at radius 2 is 0.900 bits per heavy atom. The molecule has 2 aromatic rings. The average molecular weight is 267 g/mol. The molecular formula is C19H25N. The summed E-state index contributed by atoms with van der Waals surface area (Å²) in [7, 11) is 2.19. The standard InChI is InChI=1S/C19H25N/c1-14-6-15(2)9-18(8-14)12-20(5)13-19-10-16(3)7-17(4)11-19/h6-11H,12-13H2,1-5H3. The van der Waals surface area contributed by atoms with E-state index in [1.165, 1.54) is 33.4 Å². The number of hydrogen-bond donors (Lipinski definition) is 0. The van der Waals surface area contributed by atoms with Gasteiger partial charge in [0, 0.05) is 13.1 Å². The molecule has 0 atom stereocenters. The van der Waals surface area contributed by atoms with Crippen LogP contribution in [0.1, 0.15) is 33.4 Å². The van der Waals surface area contributed by atoms with Crippen LogP contribution in [0.25, 0.3) is 0 Å². The Morgan fingerprint density at radius 1 is 0.600 bits per heavy atom. The molecule has 0 saturated heterocycles. The number of benzene rings is 2. The van der Waals surface area contributed by atoms with E-state index in [-0.39, 0.29) is 0 Å². The van der Waals surface area contributed by atoms with Gasteiger partial charge in [0.15, 0.2) is 0 Å². The van der Waals surface area contributed by atoms with E-state index in [2.05, 4.69) is 76.0 Å². The van der Waals surface area contributed by atoms with Gasteiger partial charge in [-0.15, -0.1) is 0 Å². The summed E-state index contributed by atoms with van der Waals surface area (Å²) in [5.41, 5.74) is 8.18. The summed E-state index contributed by atoms with van der Waals surface area (Å²) in [6.45, 7) is 10.7. The third-order valence-corrected chi connectivity index (χ3v) is 3.47. The first-order chi connectivity index (χ1) is 9.42. The molecule has 106 valence electrons. The van der Waals surface area contributed by atoms with Gasteiger partial charge >= 0.3 is 0 Å². The van der Waals surface area contributed by atoms with Crippen LogP contribution in [0.15, 0.2) is 36.4 Å². The van der Waals surface area contributed by atoms with Gasteiger partial charge in [-0.05, 0) is 45.9 Å². The highest BCUT2D eigenvalue weighted by molar-refractivity contribution is 5.30. The van der Waals surface area contributed by atoms with Gasteiger partial charge in [-0.25, -0.2) is 0 Å². The van der Waals surface area contributed by atoms with Gasteiger partial charge < -0.3 is 0 Å². The van der Waals surface area contributed by atoms with Gasteiger partial charge in [-0.1, -0.05) is 58.7 Å². The number of hydrogen-bond acceptors (Lipinski definition) is 1. The molecule has 0 amide bonds. The molecule has 2 rings (SSSR count). The van der Waals surface area contributed by atoms with Crippen molar-refractivity contribution < 1.29 is 0 Å². The summed E-state index contributed by atoms with van der Waals surface area (Å²) in [6, 6.07) is 13.6. The van der Waals surface area contributed by atoms with E-state index in [0.717, 1.165) is 13.1 Å². The van der Waals surface area contributed by atoms with Crippen molar-refractivity contribution in [3.05, 3.63) is 69.8 Å². The molecule has 0 spiro atoms. The van der Waals surface area contributed by atoms with Crippen molar-refractivity contribution in [3.8, 4) is 0 Å². The first-order valence-electron chi connectivity index (χ1n) is 7.25. The summed E-state index contributed by atoms with van der Waals surface area (Å²) in [4.78, 5) is 2.38. The van der Waals surface area contributed by atoms with Crippen LogP contribution in [-0.4, -0.2) is 11.9 Å². The zero-order valence-corrected chi connectivity index (χ0v) is 13.3. The average Bonchev–Trinajstić information content (AvgIpc) is 2.24. The first kappa shape index (κ1) is 14.8. The van der Waals surface area contributed by atoms with Crippen LogP contribution in [0.5, 0.6) is 0 Å². The molecule has 1 nitrogen and oxygen atoms in total. The van der Waals surface area contributed by atoms with Crippen molar-refractivity contribution in [1.82, 2.24) is 4.90 Å². The summed E-state index contributed by atoms with van der Waals surface area (Å²) in [5, 5.41) is 0. The largest absolute Gasteiger partial charge is 0.298 e. The molecule has 0 heterocycles. The predicted octanol–water partition coefficient (Wildman–Crippen LogP) is 4.55. The van der Waals surface area contributed by atoms with Gasteiger partial charge in [0.25, 0.3) is 0 Å². The van der Waals surface area contributed by atoms with Crippen LogP contribution in [-0.2, 0) is 13.1 Å². The van der Waals surface area contributed by atoms with Crippen LogP contribution in [0.2, 0.25) is 0 Å². The SMILES string of the molecule is Cc1cc(C)cc(CN(C)Cc2cc(C)cc(C)c2)c1. The van der Waals surface area contributed by atoms with Crippen LogP contribution >= 0.6 is 0 Å². The summed E-state index contributed by atoms with van der Waals surface area (Å²) >= 11 is 0. The fraction of sp³-hybridized carbons (Fsp3) is 0.368. The summed E-state index contributed by atoms with van der Waals surface area (Å²) in [5.74, 6) is 0. The quantitative estimate of drug-likeness (QED) is 0.785. The minimum Gasteiger partial charge on any atom is -0.298 e. The second kappa shape index (κ2) is 6.23. The van der Waals surface area contributed by atoms with Gasteiger partial charge in [0.05, 0.1) is 0 Å². The summed E-state index contributed by atoms with van der Waals surface area (Å²) < 4.78 is 0. The minimum atomic E-state index is 0.996. The van der Waals surface area contributed by atoms with E-state index < -0.39 is 0 Å².